The summed E-state index contributed by atoms with van der Waals surface area (Å²) >= 11 is 4.63. The molecule has 0 radical (unpaired) electrons. The van der Waals surface area contributed by atoms with Crippen molar-refractivity contribution >= 4 is 51.5 Å². The van der Waals surface area contributed by atoms with E-state index in [1.807, 2.05) is 6.92 Å². The van der Waals surface area contributed by atoms with E-state index in [0.29, 0.717) is 11.4 Å². The topological polar surface area (TPSA) is 70.2 Å². The predicted octanol–water partition coefficient (Wildman–Crippen LogP) is 1.78. The van der Waals surface area contributed by atoms with Crippen molar-refractivity contribution in [1.29, 1.82) is 0 Å². The molecule has 0 saturated carbocycles. The summed E-state index contributed by atoms with van der Waals surface area (Å²) in [4.78, 5) is 24.1. The molecule has 8 heteroatoms. The van der Waals surface area contributed by atoms with Crippen LogP contribution in [0.3, 0.4) is 0 Å². The lowest BCUT2D eigenvalue weighted by Crippen LogP contribution is -2.46. The van der Waals surface area contributed by atoms with Gasteiger partial charge in [0.05, 0.1) is 8.66 Å². The van der Waals surface area contributed by atoms with E-state index >= 15 is 0 Å². The van der Waals surface area contributed by atoms with Gasteiger partial charge in [-0.05, 0) is 41.5 Å². The van der Waals surface area contributed by atoms with Crippen LogP contribution in [0.15, 0.2) is 15.9 Å². The van der Waals surface area contributed by atoms with Crippen LogP contribution in [0.25, 0.3) is 0 Å². The number of hydrogen-bond acceptors (Lipinski definition) is 4. The second kappa shape index (κ2) is 10.1. The SMILES string of the molecule is CCNCCNC(=O)C(C)NC(=O)c1ccc(Br)s1.Cl. The number of carbonyl (C=O) groups excluding carboxylic acids is 2. The van der Waals surface area contributed by atoms with Gasteiger partial charge in [0.15, 0.2) is 0 Å². The van der Waals surface area contributed by atoms with Crippen molar-refractivity contribution < 1.29 is 9.59 Å². The van der Waals surface area contributed by atoms with Crippen LogP contribution in [0.1, 0.15) is 23.5 Å². The molecule has 0 aliphatic heterocycles. The predicted molar refractivity (Wildman–Crippen MR) is 87.7 cm³/mol. The fourth-order valence-corrected chi connectivity index (χ4v) is 2.66. The molecule has 20 heavy (non-hydrogen) atoms. The third-order valence-electron chi connectivity index (χ3n) is 2.39. The number of thiophene rings is 1. The second-order valence-electron chi connectivity index (χ2n) is 3.94. The highest BCUT2D eigenvalue weighted by atomic mass is 79.9. The Morgan fingerprint density at radius 3 is 2.60 bits per heavy atom. The first-order chi connectivity index (χ1) is 9.04. The van der Waals surface area contributed by atoms with Crippen molar-refractivity contribution in [2.75, 3.05) is 19.6 Å². The van der Waals surface area contributed by atoms with Gasteiger partial charge in [-0.1, -0.05) is 6.92 Å². The quantitative estimate of drug-likeness (QED) is 0.628. The number of rotatable bonds is 7. The molecule has 114 valence electrons. The molecule has 0 aliphatic carbocycles. The lowest BCUT2D eigenvalue weighted by molar-refractivity contribution is -0.122. The Balaban J connectivity index is 0.00000361. The summed E-state index contributed by atoms with van der Waals surface area (Å²) in [6.07, 6.45) is 0. The summed E-state index contributed by atoms with van der Waals surface area (Å²) in [6.45, 7) is 5.82. The summed E-state index contributed by atoms with van der Waals surface area (Å²) < 4.78 is 0.889. The Morgan fingerprint density at radius 1 is 1.35 bits per heavy atom. The molecule has 0 bridgehead atoms. The van der Waals surface area contributed by atoms with Crippen molar-refractivity contribution in [2.24, 2.45) is 0 Å². The first-order valence-electron chi connectivity index (χ1n) is 6.09. The number of hydrogen-bond donors (Lipinski definition) is 3. The molecule has 3 N–H and O–H groups in total. The van der Waals surface area contributed by atoms with Crippen LogP contribution < -0.4 is 16.0 Å². The maximum atomic E-state index is 11.8. The van der Waals surface area contributed by atoms with Gasteiger partial charge in [0.1, 0.15) is 6.04 Å². The molecule has 1 aromatic heterocycles. The molecule has 1 rings (SSSR count). The molecule has 0 aromatic carbocycles. The van der Waals surface area contributed by atoms with Crippen LogP contribution in [0.2, 0.25) is 0 Å². The lowest BCUT2D eigenvalue weighted by atomic mass is 10.3. The normalized spacial score (nSPS) is 11.3. The molecule has 1 unspecified atom stereocenters. The maximum Gasteiger partial charge on any atom is 0.262 e. The van der Waals surface area contributed by atoms with Gasteiger partial charge >= 0.3 is 0 Å². The average molecular weight is 385 g/mol. The minimum Gasteiger partial charge on any atom is -0.353 e. The second-order valence-corrected chi connectivity index (χ2v) is 6.41. The monoisotopic (exact) mass is 383 g/mol. The van der Waals surface area contributed by atoms with Gasteiger partial charge in [-0.2, -0.15) is 0 Å². The van der Waals surface area contributed by atoms with Gasteiger partial charge in [-0.15, -0.1) is 23.7 Å². The van der Waals surface area contributed by atoms with E-state index in [4.69, 9.17) is 0 Å². The summed E-state index contributed by atoms with van der Waals surface area (Å²) in [5.74, 6) is -0.410. The van der Waals surface area contributed by atoms with Crippen LogP contribution in [-0.2, 0) is 4.79 Å². The zero-order valence-electron chi connectivity index (χ0n) is 11.4. The molecule has 1 heterocycles. The smallest absolute Gasteiger partial charge is 0.262 e. The lowest BCUT2D eigenvalue weighted by Gasteiger charge is -2.13. The number of nitrogens with one attached hydrogen (secondary N) is 3. The number of likely N-dealkylation sites (N-methyl/N-ethyl adjacent to an activating group) is 1. The third-order valence-corrected chi connectivity index (χ3v) is 4.01. The maximum absolute atomic E-state index is 11.8. The Labute approximate surface area is 137 Å². The zero-order valence-corrected chi connectivity index (χ0v) is 14.6. The summed E-state index contributed by atoms with van der Waals surface area (Å²) in [5.41, 5.74) is 0. The van der Waals surface area contributed by atoms with Gasteiger partial charge < -0.3 is 16.0 Å². The molecule has 0 fully saturated rings. The van der Waals surface area contributed by atoms with Crippen molar-refractivity contribution in [3.63, 3.8) is 0 Å². The largest absolute Gasteiger partial charge is 0.353 e. The Bertz CT molecular complexity index is 442. The minimum atomic E-state index is -0.546. The van der Waals surface area contributed by atoms with Gasteiger partial charge in [0, 0.05) is 13.1 Å². The first-order valence-corrected chi connectivity index (χ1v) is 7.70. The minimum absolute atomic E-state index is 0. The van der Waals surface area contributed by atoms with Crippen LogP contribution in [0.4, 0.5) is 0 Å². The van der Waals surface area contributed by atoms with Crippen molar-refractivity contribution in [1.82, 2.24) is 16.0 Å². The zero-order chi connectivity index (χ0) is 14.3. The van der Waals surface area contributed by atoms with Crippen LogP contribution in [0.5, 0.6) is 0 Å². The number of amides is 2. The van der Waals surface area contributed by atoms with Gasteiger partial charge in [0.25, 0.3) is 5.91 Å². The van der Waals surface area contributed by atoms with E-state index in [1.165, 1.54) is 11.3 Å². The highest BCUT2D eigenvalue weighted by Gasteiger charge is 2.17. The van der Waals surface area contributed by atoms with Crippen LogP contribution in [-0.4, -0.2) is 37.5 Å². The first kappa shape index (κ1) is 19.4. The molecular formula is C12H19BrClN3O2S. The molecule has 5 nitrogen and oxygen atoms in total. The van der Waals surface area contributed by atoms with Crippen molar-refractivity contribution in [2.45, 2.75) is 19.9 Å². The van der Waals surface area contributed by atoms with Crippen LogP contribution in [0, 0.1) is 0 Å². The molecule has 0 spiro atoms. The molecule has 0 saturated heterocycles. The molecule has 0 aliphatic rings. The Hall–Kier alpha value is -0.630. The molecule has 1 atom stereocenters. The Morgan fingerprint density at radius 2 is 2.05 bits per heavy atom. The summed E-state index contributed by atoms with van der Waals surface area (Å²) in [6, 6.07) is 2.98. The average Bonchev–Trinajstić information content (AvgIpc) is 2.81. The molecular weight excluding hydrogens is 366 g/mol. The molecule has 1 aromatic rings. The summed E-state index contributed by atoms with van der Waals surface area (Å²) in [7, 11) is 0. The van der Waals surface area contributed by atoms with Gasteiger partial charge in [-0.3, -0.25) is 9.59 Å². The van der Waals surface area contributed by atoms with E-state index in [9.17, 15) is 9.59 Å². The standard InChI is InChI=1S/C12H18BrN3O2S.ClH/c1-3-14-6-7-15-11(17)8(2)16-12(18)9-4-5-10(13)19-9;/h4-5,8,14H,3,6-7H2,1-2H3,(H,15,17)(H,16,18);1H. The van der Waals surface area contributed by atoms with E-state index in [1.54, 1.807) is 19.1 Å². The van der Waals surface area contributed by atoms with E-state index < -0.39 is 6.04 Å². The number of halogens is 2. The highest BCUT2D eigenvalue weighted by molar-refractivity contribution is 9.11. The van der Waals surface area contributed by atoms with Crippen LogP contribution >= 0.6 is 39.7 Å². The fourth-order valence-electron chi connectivity index (χ4n) is 1.37. The van der Waals surface area contributed by atoms with Gasteiger partial charge in [0.2, 0.25) is 5.91 Å². The van der Waals surface area contributed by atoms with E-state index in [-0.39, 0.29) is 24.2 Å². The highest BCUT2D eigenvalue weighted by Crippen LogP contribution is 2.21. The fraction of sp³-hybridized carbons (Fsp3) is 0.500. The third kappa shape index (κ3) is 6.69. The summed E-state index contributed by atoms with van der Waals surface area (Å²) in [5, 5.41) is 8.53. The number of carbonyl (C=O) groups is 2. The van der Waals surface area contributed by atoms with Crippen molar-refractivity contribution in [3.05, 3.63) is 20.8 Å². The molecule has 2 amide bonds. The Kier molecular flexibility index (Phi) is 9.83. The van der Waals surface area contributed by atoms with E-state index in [0.717, 1.165) is 16.9 Å². The van der Waals surface area contributed by atoms with E-state index in [2.05, 4.69) is 31.9 Å². The van der Waals surface area contributed by atoms with Crippen molar-refractivity contribution in [3.8, 4) is 0 Å². The van der Waals surface area contributed by atoms with Gasteiger partial charge in [-0.25, -0.2) is 0 Å².